The normalized spacial score (nSPS) is 17.3. The molecule has 8 nitrogen and oxygen atoms in total. The van der Waals surface area contributed by atoms with Crippen LogP contribution in [-0.4, -0.2) is 56.9 Å². The lowest BCUT2D eigenvalue weighted by Crippen LogP contribution is -2.44. The van der Waals surface area contributed by atoms with Crippen LogP contribution in [0, 0.1) is 5.82 Å². The number of H-pyrrole nitrogens is 1. The van der Waals surface area contributed by atoms with Crippen LogP contribution in [0.5, 0.6) is 0 Å². The van der Waals surface area contributed by atoms with Crippen molar-refractivity contribution >= 4 is 33.0 Å². The zero-order valence-electron chi connectivity index (χ0n) is 23.4. The van der Waals surface area contributed by atoms with Crippen LogP contribution in [-0.2, 0) is 15.9 Å². The van der Waals surface area contributed by atoms with Crippen LogP contribution in [0.3, 0.4) is 0 Å². The summed E-state index contributed by atoms with van der Waals surface area (Å²) >= 11 is 0. The molecule has 0 spiro atoms. The number of hydrogen-bond donors (Lipinski definition) is 1. The summed E-state index contributed by atoms with van der Waals surface area (Å²) in [5, 5.41) is 4.79. The smallest absolute Gasteiger partial charge is 0.412 e. The molecule has 3 heterocycles. The van der Waals surface area contributed by atoms with E-state index in [4.69, 9.17) is 13.7 Å². The molecule has 1 aliphatic heterocycles. The van der Waals surface area contributed by atoms with Gasteiger partial charge >= 0.3 is 5.76 Å². The summed E-state index contributed by atoms with van der Waals surface area (Å²) in [5.74, 6) is -0.606. The number of fused-ring (bicyclic) bond motifs is 1. The highest BCUT2D eigenvalue weighted by molar-refractivity contribution is 6.76. The minimum Gasteiger partial charge on any atom is -0.412 e. The molecule has 0 bridgehead atoms. The van der Waals surface area contributed by atoms with Gasteiger partial charge in [0.1, 0.15) is 12.5 Å². The molecule has 1 fully saturated rings. The van der Waals surface area contributed by atoms with Gasteiger partial charge in [0.05, 0.1) is 17.3 Å². The molecule has 11 heteroatoms. The minimum atomic E-state index is -1.92. The van der Waals surface area contributed by atoms with Crippen LogP contribution < -0.4 is 10.7 Å². The number of ether oxygens (including phenoxy) is 1. The maximum Gasteiger partial charge on any atom is 0.439 e. The van der Waals surface area contributed by atoms with E-state index in [2.05, 4.69) is 68.5 Å². The van der Waals surface area contributed by atoms with Crippen molar-refractivity contribution in [3.63, 3.8) is 0 Å². The predicted octanol–water partition coefficient (Wildman–Crippen LogP) is 6.04. The fraction of sp³-hybridized carbons (Fsp3) is 0.615. The van der Waals surface area contributed by atoms with E-state index in [9.17, 15) is 4.79 Å². The Kier molecular flexibility index (Phi) is 7.64. The zero-order chi connectivity index (χ0) is 27.2. The first-order valence-corrected chi connectivity index (χ1v) is 19.7. The molecular formula is C26H41FN4O4Si2. The van der Waals surface area contributed by atoms with Gasteiger partial charge in [0, 0.05) is 51.0 Å². The Labute approximate surface area is 220 Å². The van der Waals surface area contributed by atoms with Crippen molar-refractivity contribution < 1.29 is 18.1 Å². The monoisotopic (exact) mass is 548 g/mol. The third-order valence-electron chi connectivity index (χ3n) is 7.63. The molecule has 1 aromatic carbocycles. The molecule has 1 aliphatic rings. The van der Waals surface area contributed by atoms with Gasteiger partial charge in [-0.05, 0) is 36.7 Å². The van der Waals surface area contributed by atoms with Gasteiger partial charge < -0.3 is 18.6 Å². The number of rotatable bonds is 9. The van der Waals surface area contributed by atoms with E-state index in [0.717, 1.165) is 24.4 Å². The molecule has 0 aliphatic carbocycles. The van der Waals surface area contributed by atoms with E-state index >= 15 is 4.39 Å². The fourth-order valence-electron chi connectivity index (χ4n) is 4.36. The average molecular weight is 549 g/mol. The van der Waals surface area contributed by atoms with Crippen molar-refractivity contribution in [2.45, 2.75) is 83.8 Å². The highest BCUT2D eigenvalue weighted by Gasteiger charge is 2.40. The van der Waals surface area contributed by atoms with Gasteiger partial charge in [-0.25, -0.2) is 9.18 Å². The molecule has 1 atom stereocenters. The summed E-state index contributed by atoms with van der Waals surface area (Å²) in [6, 6.07) is 4.44. The Morgan fingerprint density at radius 1 is 1.22 bits per heavy atom. The first kappa shape index (κ1) is 27.8. The average Bonchev–Trinajstić information content (AvgIpc) is 3.48. The van der Waals surface area contributed by atoms with Gasteiger partial charge in [0.2, 0.25) is 0 Å². The number of aromatic nitrogens is 3. The van der Waals surface area contributed by atoms with Gasteiger partial charge in [0.25, 0.3) is 0 Å². The minimum absolute atomic E-state index is 0.0757. The van der Waals surface area contributed by atoms with Crippen LogP contribution in [0.25, 0.3) is 22.3 Å². The highest BCUT2D eigenvalue weighted by atomic mass is 28.4. The molecule has 2 aromatic heterocycles. The number of halogens is 1. The molecule has 3 aromatic rings. The van der Waals surface area contributed by atoms with Crippen molar-refractivity contribution in [2.75, 3.05) is 24.6 Å². The third-order valence-corrected chi connectivity index (χ3v) is 13.9. The van der Waals surface area contributed by atoms with Crippen molar-refractivity contribution in [3.8, 4) is 11.4 Å². The van der Waals surface area contributed by atoms with Gasteiger partial charge in [0.15, 0.2) is 14.1 Å². The first-order valence-electron chi connectivity index (χ1n) is 13.0. The first-order chi connectivity index (χ1) is 17.1. The summed E-state index contributed by atoms with van der Waals surface area (Å²) in [4.78, 5) is 16.4. The predicted molar refractivity (Wildman–Crippen MR) is 151 cm³/mol. The van der Waals surface area contributed by atoms with Gasteiger partial charge in [-0.3, -0.25) is 9.51 Å². The Hall–Kier alpha value is -2.22. The summed E-state index contributed by atoms with van der Waals surface area (Å²) in [6.07, 6.45) is 2.77. The summed E-state index contributed by atoms with van der Waals surface area (Å²) in [6.45, 7) is 20.4. The summed E-state index contributed by atoms with van der Waals surface area (Å²) < 4.78 is 34.7. The second kappa shape index (κ2) is 10.2. The Balaban J connectivity index is 1.62. The van der Waals surface area contributed by atoms with Crippen LogP contribution in [0.15, 0.2) is 27.6 Å². The maximum absolute atomic E-state index is 15.6. The molecule has 1 saturated heterocycles. The Bertz CT molecular complexity index is 1300. The van der Waals surface area contributed by atoms with Gasteiger partial charge in [-0.1, -0.05) is 45.6 Å². The standard InChI is InChI=1S/C26H41FN4O4Si2/c1-26(2,3)37(7,8)35-18-9-10-30(15-18)23-13-19-20(24-28-25(32)34-29-24)16-31(22(19)14-21(23)27)17-33-11-12-36(4,5)6/h13-14,16,18H,9-12,15,17H2,1-8H3,(H,28,29,32). The number of nitrogens with zero attached hydrogens (tertiary/aromatic N) is 3. The van der Waals surface area contributed by atoms with Crippen LogP contribution >= 0.6 is 0 Å². The number of anilines is 1. The molecule has 0 saturated carbocycles. The van der Waals surface area contributed by atoms with E-state index in [0.29, 0.717) is 35.7 Å². The summed E-state index contributed by atoms with van der Waals surface area (Å²) in [7, 11) is -3.15. The van der Waals surface area contributed by atoms with Crippen molar-refractivity contribution in [2.24, 2.45) is 0 Å². The quantitative estimate of drug-likeness (QED) is 0.259. The number of benzene rings is 1. The molecule has 1 unspecified atom stereocenters. The fourth-order valence-corrected chi connectivity index (χ4v) is 6.50. The number of hydrogen-bond acceptors (Lipinski definition) is 6. The van der Waals surface area contributed by atoms with E-state index in [1.165, 1.54) is 0 Å². The van der Waals surface area contributed by atoms with Crippen LogP contribution in [0.4, 0.5) is 10.1 Å². The van der Waals surface area contributed by atoms with E-state index in [1.54, 1.807) is 6.07 Å². The zero-order valence-corrected chi connectivity index (χ0v) is 25.4. The number of aromatic amines is 1. The van der Waals surface area contributed by atoms with E-state index < -0.39 is 22.1 Å². The van der Waals surface area contributed by atoms with E-state index in [-0.39, 0.29) is 23.7 Å². The molecule has 0 amide bonds. The third kappa shape index (κ3) is 6.27. The topological polar surface area (TPSA) is 85.5 Å². The molecule has 0 radical (unpaired) electrons. The maximum atomic E-state index is 15.6. The highest BCUT2D eigenvalue weighted by Crippen LogP contribution is 2.39. The lowest BCUT2D eigenvalue weighted by atomic mass is 10.1. The van der Waals surface area contributed by atoms with Crippen molar-refractivity contribution in [1.29, 1.82) is 0 Å². The van der Waals surface area contributed by atoms with Crippen LogP contribution in [0.1, 0.15) is 27.2 Å². The summed E-state index contributed by atoms with van der Waals surface area (Å²) in [5.41, 5.74) is 1.88. The molecular weight excluding hydrogens is 507 g/mol. The molecule has 204 valence electrons. The molecule has 4 rings (SSSR count). The van der Waals surface area contributed by atoms with Crippen LogP contribution in [0.2, 0.25) is 43.8 Å². The molecule has 1 N–H and O–H groups in total. The largest absolute Gasteiger partial charge is 0.439 e. The Morgan fingerprint density at radius 3 is 2.57 bits per heavy atom. The second-order valence-corrected chi connectivity index (χ2v) is 23.2. The van der Waals surface area contributed by atoms with E-state index in [1.807, 2.05) is 16.8 Å². The van der Waals surface area contributed by atoms with Gasteiger partial charge in [-0.2, -0.15) is 0 Å². The lowest BCUT2D eigenvalue weighted by molar-refractivity contribution is 0.0903. The Morgan fingerprint density at radius 2 is 1.95 bits per heavy atom. The van der Waals surface area contributed by atoms with Crippen molar-refractivity contribution in [3.05, 3.63) is 34.7 Å². The van der Waals surface area contributed by atoms with Gasteiger partial charge in [-0.15, -0.1) is 0 Å². The lowest BCUT2D eigenvalue weighted by Gasteiger charge is -2.38. The molecule has 37 heavy (non-hydrogen) atoms. The second-order valence-electron chi connectivity index (χ2n) is 12.9. The van der Waals surface area contributed by atoms with Crippen molar-refractivity contribution in [1.82, 2.24) is 14.7 Å². The SMILES string of the molecule is CC(C)(C)[Si](C)(C)OC1CCN(c2cc3c(-c4noc(=O)[nH]4)cn(COCC[Si](C)(C)C)c3cc2F)C1. The number of nitrogens with one attached hydrogen (secondary N) is 1.